The van der Waals surface area contributed by atoms with E-state index in [1.165, 1.54) is 17.0 Å². The topological polar surface area (TPSA) is 73.9 Å². The predicted octanol–water partition coefficient (Wildman–Crippen LogP) is 1.27. The minimum absolute atomic E-state index is 0.121. The number of urea groups is 1. The maximum absolute atomic E-state index is 13.7. The standard InChI is InChI=1S/C18H25FN4O3/c19-14-4-1-2-5-15(14)21-18(25)23-8-3-6-16(23)17(24)20-7-9-22-10-12-26-13-11-22/h1-2,4-5,16H,3,6-13H2,(H,20,24)(H,21,25). The number of nitrogens with one attached hydrogen (secondary N) is 2. The number of para-hydroxylation sites is 1. The lowest BCUT2D eigenvalue weighted by atomic mass is 10.2. The molecule has 2 fully saturated rings. The highest BCUT2D eigenvalue weighted by molar-refractivity contribution is 5.94. The first-order valence-corrected chi connectivity index (χ1v) is 9.05. The van der Waals surface area contributed by atoms with Crippen molar-refractivity contribution in [3.05, 3.63) is 30.1 Å². The van der Waals surface area contributed by atoms with Crippen LogP contribution in [0.15, 0.2) is 24.3 Å². The molecule has 2 aliphatic rings. The van der Waals surface area contributed by atoms with Gasteiger partial charge in [-0.1, -0.05) is 12.1 Å². The van der Waals surface area contributed by atoms with Gasteiger partial charge >= 0.3 is 6.03 Å². The normalized spacial score (nSPS) is 20.8. The van der Waals surface area contributed by atoms with Crippen LogP contribution >= 0.6 is 0 Å². The summed E-state index contributed by atoms with van der Waals surface area (Å²) < 4.78 is 19.0. The molecule has 2 saturated heterocycles. The second-order valence-electron chi connectivity index (χ2n) is 6.51. The predicted molar refractivity (Wildman–Crippen MR) is 95.4 cm³/mol. The summed E-state index contributed by atoms with van der Waals surface area (Å²) in [6.45, 7) is 4.98. The summed E-state index contributed by atoms with van der Waals surface area (Å²) in [4.78, 5) is 28.6. The second kappa shape index (κ2) is 8.95. The zero-order valence-electron chi connectivity index (χ0n) is 14.7. The monoisotopic (exact) mass is 364 g/mol. The summed E-state index contributed by atoms with van der Waals surface area (Å²) >= 11 is 0. The van der Waals surface area contributed by atoms with Gasteiger partial charge in [-0.3, -0.25) is 9.69 Å². The number of rotatable bonds is 5. The summed E-state index contributed by atoms with van der Waals surface area (Å²) in [6.07, 6.45) is 1.38. The van der Waals surface area contributed by atoms with Crippen molar-refractivity contribution >= 4 is 17.6 Å². The molecule has 0 aliphatic carbocycles. The first-order chi connectivity index (χ1) is 12.6. The number of likely N-dealkylation sites (tertiary alicyclic amines) is 1. The van der Waals surface area contributed by atoms with Gasteiger partial charge in [-0.25, -0.2) is 9.18 Å². The van der Waals surface area contributed by atoms with Crippen LogP contribution in [0, 0.1) is 5.82 Å². The van der Waals surface area contributed by atoms with Crippen LogP contribution < -0.4 is 10.6 Å². The number of benzene rings is 1. The Hall–Kier alpha value is -2.19. The maximum atomic E-state index is 13.7. The second-order valence-corrected chi connectivity index (χ2v) is 6.51. The highest BCUT2D eigenvalue weighted by Crippen LogP contribution is 2.20. The number of halogens is 1. The van der Waals surface area contributed by atoms with E-state index in [1.54, 1.807) is 12.1 Å². The number of carbonyl (C=O) groups excluding carboxylic acids is 2. The molecule has 0 bridgehead atoms. The number of hydrogen-bond donors (Lipinski definition) is 2. The Labute approximate surface area is 152 Å². The van der Waals surface area contributed by atoms with Crippen molar-refractivity contribution in [1.82, 2.24) is 15.1 Å². The largest absolute Gasteiger partial charge is 0.379 e. The van der Waals surface area contributed by atoms with Gasteiger partial charge < -0.3 is 20.3 Å². The number of carbonyl (C=O) groups is 2. The molecule has 3 rings (SSSR count). The molecule has 142 valence electrons. The van der Waals surface area contributed by atoms with Crippen molar-refractivity contribution < 1.29 is 18.7 Å². The van der Waals surface area contributed by atoms with Crippen LogP contribution in [0.5, 0.6) is 0 Å². The third kappa shape index (κ3) is 4.70. The fraction of sp³-hybridized carbons (Fsp3) is 0.556. The molecule has 0 spiro atoms. The molecule has 8 heteroatoms. The van der Waals surface area contributed by atoms with Crippen LogP contribution in [0.3, 0.4) is 0 Å². The minimum Gasteiger partial charge on any atom is -0.379 e. The SMILES string of the molecule is O=C(NCCN1CCOCC1)C1CCCN1C(=O)Nc1ccccc1F. The molecule has 1 aromatic carbocycles. The van der Waals surface area contributed by atoms with E-state index < -0.39 is 17.9 Å². The maximum Gasteiger partial charge on any atom is 0.322 e. The van der Waals surface area contributed by atoms with E-state index in [1.807, 2.05) is 0 Å². The van der Waals surface area contributed by atoms with Crippen LogP contribution in [0.2, 0.25) is 0 Å². The van der Waals surface area contributed by atoms with Gasteiger partial charge in [0.15, 0.2) is 0 Å². The van der Waals surface area contributed by atoms with Gasteiger partial charge in [0.2, 0.25) is 5.91 Å². The molecular formula is C18H25FN4O3. The van der Waals surface area contributed by atoms with E-state index in [0.717, 1.165) is 39.3 Å². The highest BCUT2D eigenvalue weighted by atomic mass is 19.1. The lowest BCUT2D eigenvalue weighted by molar-refractivity contribution is -0.124. The zero-order valence-corrected chi connectivity index (χ0v) is 14.7. The van der Waals surface area contributed by atoms with Crippen LogP contribution in [0.1, 0.15) is 12.8 Å². The number of ether oxygens (including phenoxy) is 1. The van der Waals surface area contributed by atoms with Crippen molar-refractivity contribution in [2.45, 2.75) is 18.9 Å². The number of morpholine rings is 1. The van der Waals surface area contributed by atoms with Crippen molar-refractivity contribution in [1.29, 1.82) is 0 Å². The number of hydrogen-bond acceptors (Lipinski definition) is 4. The molecule has 0 aromatic heterocycles. The molecule has 2 N–H and O–H groups in total. The smallest absolute Gasteiger partial charge is 0.322 e. The van der Waals surface area contributed by atoms with Crippen LogP contribution in [0.4, 0.5) is 14.9 Å². The van der Waals surface area contributed by atoms with Gasteiger partial charge in [0.05, 0.1) is 18.9 Å². The fourth-order valence-corrected chi connectivity index (χ4v) is 3.31. The molecule has 2 aliphatic heterocycles. The van der Waals surface area contributed by atoms with Crippen molar-refractivity contribution in [3.63, 3.8) is 0 Å². The molecule has 2 heterocycles. The highest BCUT2D eigenvalue weighted by Gasteiger charge is 2.34. The van der Waals surface area contributed by atoms with E-state index in [-0.39, 0.29) is 11.6 Å². The molecule has 0 radical (unpaired) electrons. The molecule has 7 nitrogen and oxygen atoms in total. The lowest BCUT2D eigenvalue weighted by Gasteiger charge is -2.27. The first-order valence-electron chi connectivity index (χ1n) is 9.05. The zero-order chi connectivity index (χ0) is 18.4. The Balaban J connectivity index is 1.49. The van der Waals surface area contributed by atoms with Crippen molar-refractivity contribution in [2.24, 2.45) is 0 Å². The molecule has 1 unspecified atom stereocenters. The van der Waals surface area contributed by atoms with Crippen LogP contribution in [-0.2, 0) is 9.53 Å². The van der Waals surface area contributed by atoms with Gasteiger partial charge in [0.1, 0.15) is 11.9 Å². The Morgan fingerprint density at radius 3 is 2.73 bits per heavy atom. The van der Waals surface area contributed by atoms with E-state index in [4.69, 9.17) is 4.74 Å². The van der Waals surface area contributed by atoms with E-state index in [0.29, 0.717) is 19.5 Å². The minimum atomic E-state index is -0.508. The van der Waals surface area contributed by atoms with Gasteiger partial charge in [0, 0.05) is 32.7 Å². The first kappa shape index (κ1) is 18.6. The lowest BCUT2D eigenvalue weighted by Crippen LogP contribution is -2.49. The van der Waals surface area contributed by atoms with Crippen LogP contribution in [0.25, 0.3) is 0 Å². The Morgan fingerprint density at radius 2 is 1.96 bits per heavy atom. The molecule has 3 amide bonds. The third-order valence-electron chi connectivity index (χ3n) is 4.76. The average molecular weight is 364 g/mol. The number of amides is 3. The Bertz CT molecular complexity index is 637. The number of nitrogens with zero attached hydrogens (tertiary/aromatic N) is 2. The molecular weight excluding hydrogens is 339 g/mol. The van der Waals surface area contributed by atoms with E-state index >= 15 is 0 Å². The summed E-state index contributed by atoms with van der Waals surface area (Å²) in [5, 5.41) is 5.47. The van der Waals surface area contributed by atoms with Gasteiger partial charge in [-0.15, -0.1) is 0 Å². The van der Waals surface area contributed by atoms with Gasteiger partial charge in [0.25, 0.3) is 0 Å². The molecule has 26 heavy (non-hydrogen) atoms. The summed E-state index contributed by atoms with van der Waals surface area (Å²) in [5.74, 6) is -0.647. The summed E-state index contributed by atoms with van der Waals surface area (Å²) in [7, 11) is 0. The summed E-state index contributed by atoms with van der Waals surface area (Å²) in [5.41, 5.74) is 0.121. The van der Waals surface area contributed by atoms with E-state index in [2.05, 4.69) is 15.5 Å². The number of anilines is 1. The molecule has 1 atom stereocenters. The third-order valence-corrected chi connectivity index (χ3v) is 4.76. The fourth-order valence-electron chi connectivity index (χ4n) is 3.31. The Morgan fingerprint density at radius 1 is 1.19 bits per heavy atom. The quantitative estimate of drug-likeness (QED) is 0.825. The van der Waals surface area contributed by atoms with Crippen molar-refractivity contribution in [2.75, 3.05) is 51.3 Å². The van der Waals surface area contributed by atoms with Crippen molar-refractivity contribution in [3.8, 4) is 0 Å². The molecule has 1 aromatic rings. The van der Waals surface area contributed by atoms with Gasteiger partial charge in [-0.2, -0.15) is 0 Å². The average Bonchev–Trinajstić information content (AvgIpc) is 3.14. The summed E-state index contributed by atoms with van der Waals surface area (Å²) in [6, 6.07) is 5.05. The Kier molecular flexibility index (Phi) is 6.40. The van der Waals surface area contributed by atoms with Crippen LogP contribution in [-0.4, -0.2) is 73.7 Å². The van der Waals surface area contributed by atoms with Gasteiger partial charge in [-0.05, 0) is 25.0 Å². The van der Waals surface area contributed by atoms with E-state index in [9.17, 15) is 14.0 Å². The molecule has 0 saturated carbocycles.